The molecule has 25 heavy (non-hydrogen) atoms. The molecule has 0 amide bonds. The first kappa shape index (κ1) is 15.1. The van der Waals surface area contributed by atoms with Crippen molar-refractivity contribution in [3.8, 4) is 0 Å². The number of rotatable bonds is 4. The smallest absolute Gasteiger partial charge is 0.271 e. The molecule has 3 aromatic heterocycles. The maximum absolute atomic E-state index is 7.47. The van der Waals surface area contributed by atoms with E-state index in [1.807, 2.05) is 37.3 Å². The second-order valence-electron chi connectivity index (χ2n) is 5.57. The zero-order valence-corrected chi connectivity index (χ0v) is 13.6. The summed E-state index contributed by atoms with van der Waals surface area (Å²) in [5, 5.41) is 21.4. The van der Waals surface area contributed by atoms with Crippen molar-refractivity contribution in [3.63, 3.8) is 0 Å². The highest BCUT2D eigenvalue weighted by molar-refractivity contribution is 6.07. The number of aromatic nitrogens is 6. The Morgan fingerprint density at radius 1 is 1.20 bits per heavy atom. The van der Waals surface area contributed by atoms with Crippen LogP contribution < -0.4 is 0 Å². The highest BCUT2D eigenvalue weighted by Gasteiger charge is 2.11. The van der Waals surface area contributed by atoms with Gasteiger partial charge < -0.3 is 5.41 Å². The van der Waals surface area contributed by atoms with Gasteiger partial charge in [-0.1, -0.05) is 18.2 Å². The predicted molar refractivity (Wildman–Crippen MR) is 95.6 cm³/mol. The lowest BCUT2D eigenvalue weighted by molar-refractivity contribution is 0.819. The first-order chi connectivity index (χ1) is 12.3. The van der Waals surface area contributed by atoms with Crippen LogP contribution in [0.3, 0.4) is 0 Å². The molecule has 0 atom stereocenters. The second kappa shape index (κ2) is 6.20. The van der Waals surface area contributed by atoms with Crippen molar-refractivity contribution in [1.82, 2.24) is 29.8 Å². The van der Waals surface area contributed by atoms with Crippen LogP contribution in [-0.4, -0.2) is 36.0 Å². The standard InChI is InChI=1S/C18H15N7/c1-2-13(10-19)16-11-21-18-23-22-17(25(18)24-16)9-12-5-6-15-14(8-12)4-3-7-20-15/h2-8,10-11,19H,9H2,1H3/b13-2+,19-10?. The van der Waals surface area contributed by atoms with E-state index >= 15 is 0 Å². The molecule has 0 aliphatic heterocycles. The Labute approximate surface area is 143 Å². The van der Waals surface area contributed by atoms with Gasteiger partial charge in [0.1, 0.15) is 5.69 Å². The Kier molecular flexibility index (Phi) is 3.74. The average molecular weight is 329 g/mol. The number of hydrogen-bond donors (Lipinski definition) is 1. The average Bonchev–Trinajstić information content (AvgIpc) is 3.05. The monoisotopic (exact) mass is 329 g/mol. The predicted octanol–water partition coefficient (Wildman–Crippen LogP) is 2.71. The summed E-state index contributed by atoms with van der Waals surface area (Å²) in [6.45, 7) is 1.86. The van der Waals surface area contributed by atoms with Crippen LogP contribution in [-0.2, 0) is 6.42 Å². The van der Waals surface area contributed by atoms with Gasteiger partial charge in [-0.25, -0.2) is 4.98 Å². The molecule has 0 aliphatic rings. The number of fused-ring (bicyclic) bond motifs is 2. The summed E-state index contributed by atoms with van der Waals surface area (Å²) >= 11 is 0. The Hall–Kier alpha value is -3.48. The van der Waals surface area contributed by atoms with Gasteiger partial charge in [-0.05, 0) is 30.7 Å². The lowest BCUT2D eigenvalue weighted by atomic mass is 10.1. The lowest BCUT2D eigenvalue weighted by Gasteiger charge is -2.04. The molecule has 7 nitrogen and oxygen atoms in total. The minimum Gasteiger partial charge on any atom is -0.308 e. The van der Waals surface area contributed by atoms with E-state index in [1.54, 1.807) is 16.9 Å². The molecule has 1 aromatic carbocycles. The summed E-state index contributed by atoms with van der Waals surface area (Å²) in [6.07, 6.45) is 7.06. The Morgan fingerprint density at radius 2 is 2.12 bits per heavy atom. The Bertz CT molecular complexity index is 1110. The highest BCUT2D eigenvalue weighted by Crippen LogP contribution is 2.16. The van der Waals surface area contributed by atoms with Gasteiger partial charge in [0.25, 0.3) is 5.78 Å². The van der Waals surface area contributed by atoms with Crippen molar-refractivity contribution in [3.05, 3.63) is 65.9 Å². The second-order valence-corrected chi connectivity index (χ2v) is 5.57. The van der Waals surface area contributed by atoms with Crippen LogP contribution in [0.2, 0.25) is 0 Å². The molecular formula is C18H15N7. The van der Waals surface area contributed by atoms with Crippen LogP contribution in [0.15, 0.2) is 48.8 Å². The van der Waals surface area contributed by atoms with Gasteiger partial charge in [-0.3, -0.25) is 4.98 Å². The molecule has 0 saturated heterocycles. The van der Waals surface area contributed by atoms with Crippen LogP contribution in [0.4, 0.5) is 0 Å². The number of nitrogens with zero attached hydrogens (tertiary/aromatic N) is 6. The first-order valence-corrected chi connectivity index (χ1v) is 7.86. The van der Waals surface area contributed by atoms with Crippen LogP contribution >= 0.6 is 0 Å². The zero-order chi connectivity index (χ0) is 17.2. The largest absolute Gasteiger partial charge is 0.308 e. The number of allylic oxidation sites excluding steroid dienone is 2. The van der Waals surface area contributed by atoms with Crippen molar-refractivity contribution >= 4 is 28.5 Å². The van der Waals surface area contributed by atoms with Crippen molar-refractivity contribution in [2.24, 2.45) is 0 Å². The summed E-state index contributed by atoms with van der Waals surface area (Å²) in [6, 6.07) is 10.1. The van der Waals surface area contributed by atoms with E-state index in [0.29, 0.717) is 29.3 Å². The number of benzene rings is 1. The molecule has 0 saturated carbocycles. The summed E-state index contributed by atoms with van der Waals surface area (Å²) in [7, 11) is 0. The molecule has 3 heterocycles. The van der Waals surface area contributed by atoms with E-state index in [0.717, 1.165) is 16.5 Å². The van der Waals surface area contributed by atoms with Crippen LogP contribution in [0.5, 0.6) is 0 Å². The molecule has 0 fully saturated rings. The van der Waals surface area contributed by atoms with Crippen LogP contribution in [0, 0.1) is 5.41 Å². The molecule has 0 spiro atoms. The van der Waals surface area contributed by atoms with E-state index in [-0.39, 0.29) is 0 Å². The molecule has 0 unspecified atom stereocenters. The highest BCUT2D eigenvalue weighted by atomic mass is 15.4. The van der Waals surface area contributed by atoms with Crippen molar-refractivity contribution in [1.29, 1.82) is 5.41 Å². The van der Waals surface area contributed by atoms with Gasteiger partial charge in [0.05, 0.1) is 11.7 Å². The Balaban J connectivity index is 1.75. The summed E-state index contributed by atoms with van der Waals surface area (Å²) in [4.78, 5) is 8.62. The zero-order valence-electron chi connectivity index (χ0n) is 13.6. The molecular weight excluding hydrogens is 314 g/mol. The van der Waals surface area contributed by atoms with Crippen LogP contribution in [0.25, 0.3) is 22.3 Å². The normalized spacial score (nSPS) is 12.0. The van der Waals surface area contributed by atoms with E-state index in [9.17, 15) is 0 Å². The molecule has 7 heteroatoms. The van der Waals surface area contributed by atoms with Gasteiger partial charge in [0.2, 0.25) is 0 Å². The van der Waals surface area contributed by atoms with Gasteiger partial charge in [-0.15, -0.1) is 10.2 Å². The van der Waals surface area contributed by atoms with Gasteiger partial charge in [0.15, 0.2) is 5.82 Å². The van der Waals surface area contributed by atoms with Crippen LogP contribution in [0.1, 0.15) is 24.0 Å². The third kappa shape index (κ3) is 2.76. The van der Waals surface area contributed by atoms with Crippen molar-refractivity contribution in [2.45, 2.75) is 13.3 Å². The third-order valence-electron chi connectivity index (χ3n) is 3.99. The number of nitrogens with one attached hydrogen (secondary N) is 1. The third-order valence-corrected chi connectivity index (χ3v) is 3.99. The number of pyridine rings is 1. The van der Waals surface area contributed by atoms with E-state index in [2.05, 4.69) is 31.3 Å². The molecule has 4 aromatic rings. The fourth-order valence-corrected chi connectivity index (χ4v) is 2.70. The maximum Gasteiger partial charge on any atom is 0.271 e. The summed E-state index contributed by atoms with van der Waals surface area (Å²) < 4.78 is 1.63. The summed E-state index contributed by atoms with van der Waals surface area (Å²) in [5.41, 5.74) is 3.38. The minimum absolute atomic E-state index is 0.446. The minimum atomic E-state index is 0.446. The summed E-state index contributed by atoms with van der Waals surface area (Å²) in [5.74, 6) is 1.15. The molecule has 4 rings (SSSR count). The van der Waals surface area contributed by atoms with E-state index in [4.69, 9.17) is 5.41 Å². The molecule has 0 radical (unpaired) electrons. The van der Waals surface area contributed by atoms with Gasteiger partial charge in [-0.2, -0.15) is 9.61 Å². The van der Waals surface area contributed by atoms with Crippen molar-refractivity contribution < 1.29 is 0 Å². The molecule has 122 valence electrons. The van der Waals surface area contributed by atoms with Gasteiger partial charge in [0, 0.05) is 29.8 Å². The quantitative estimate of drug-likeness (QED) is 0.581. The van der Waals surface area contributed by atoms with E-state index in [1.165, 1.54) is 6.21 Å². The van der Waals surface area contributed by atoms with Gasteiger partial charge >= 0.3 is 0 Å². The number of hydrogen-bond acceptors (Lipinski definition) is 6. The lowest BCUT2D eigenvalue weighted by Crippen LogP contribution is -2.05. The molecule has 0 aliphatic carbocycles. The SMILES string of the molecule is C/C=C(\C=N)c1cnc2nnc(Cc3ccc4ncccc4c3)n2n1. The molecule has 0 bridgehead atoms. The maximum atomic E-state index is 7.47. The molecule has 1 N–H and O–H groups in total. The fraction of sp³-hybridized carbons (Fsp3) is 0.111. The van der Waals surface area contributed by atoms with Crippen molar-refractivity contribution in [2.75, 3.05) is 0 Å². The fourth-order valence-electron chi connectivity index (χ4n) is 2.70. The topological polar surface area (TPSA) is 92.7 Å². The Morgan fingerprint density at radius 3 is 2.96 bits per heavy atom. The first-order valence-electron chi connectivity index (χ1n) is 7.86. The van der Waals surface area contributed by atoms with E-state index < -0.39 is 0 Å².